The maximum atomic E-state index is 13.4. The molecule has 1 amide bonds. The summed E-state index contributed by atoms with van der Waals surface area (Å²) in [7, 11) is 4.99. The SMILES string of the molecule is COc1ncnc(OC)c1C(=O)N1C[C@H](C)CN(C)c2ccccc21. The molecule has 7 nitrogen and oxygen atoms in total. The van der Waals surface area contributed by atoms with Crippen molar-refractivity contribution in [2.45, 2.75) is 6.92 Å². The van der Waals surface area contributed by atoms with Gasteiger partial charge in [-0.2, -0.15) is 0 Å². The van der Waals surface area contributed by atoms with Gasteiger partial charge in [0.25, 0.3) is 5.91 Å². The van der Waals surface area contributed by atoms with Gasteiger partial charge in [0.05, 0.1) is 25.6 Å². The zero-order valence-corrected chi connectivity index (χ0v) is 14.9. The molecule has 0 radical (unpaired) electrons. The number of ether oxygens (including phenoxy) is 2. The van der Waals surface area contributed by atoms with E-state index in [1.165, 1.54) is 20.5 Å². The van der Waals surface area contributed by atoms with E-state index in [-0.39, 0.29) is 23.2 Å². The Bertz CT molecular complexity index is 758. The van der Waals surface area contributed by atoms with Crippen molar-refractivity contribution >= 4 is 17.3 Å². The van der Waals surface area contributed by atoms with Crippen LogP contribution in [0.15, 0.2) is 30.6 Å². The number of fused-ring (bicyclic) bond motifs is 1. The number of anilines is 2. The van der Waals surface area contributed by atoms with Crippen LogP contribution in [-0.2, 0) is 0 Å². The maximum Gasteiger partial charge on any atom is 0.269 e. The van der Waals surface area contributed by atoms with Crippen molar-refractivity contribution in [1.29, 1.82) is 0 Å². The Balaban J connectivity index is 2.12. The number of hydrogen-bond acceptors (Lipinski definition) is 6. The normalized spacial score (nSPS) is 16.9. The summed E-state index contributed by atoms with van der Waals surface area (Å²) in [6.45, 7) is 3.57. The lowest BCUT2D eigenvalue weighted by Gasteiger charge is -2.25. The van der Waals surface area contributed by atoms with Crippen LogP contribution in [0.3, 0.4) is 0 Å². The predicted octanol–water partition coefficient (Wildman–Crippen LogP) is 2.23. The van der Waals surface area contributed by atoms with Crippen molar-refractivity contribution < 1.29 is 14.3 Å². The van der Waals surface area contributed by atoms with E-state index in [1.807, 2.05) is 31.3 Å². The molecular formula is C18H22N4O3. The molecule has 1 atom stereocenters. The highest BCUT2D eigenvalue weighted by Crippen LogP contribution is 2.35. The molecule has 25 heavy (non-hydrogen) atoms. The molecule has 132 valence electrons. The zero-order chi connectivity index (χ0) is 18.0. The van der Waals surface area contributed by atoms with Crippen molar-refractivity contribution in [2.24, 2.45) is 5.92 Å². The molecule has 1 aromatic carbocycles. The highest BCUT2D eigenvalue weighted by Gasteiger charge is 2.31. The number of amides is 1. The zero-order valence-electron chi connectivity index (χ0n) is 14.9. The number of carbonyl (C=O) groups excluding carboxylic acids is 1. The predicted molar refractivity (Wildman–Crippen MR) is 95.7 cm³/mol. The first kappa shape index (κ1) is 17.0. The van der Waals surface area contributed by atoms with Crippen LogP contribution >= 0.6 is 0 Å². The molecule has 0 saturated heterocycles. The molecular weight excluding hydrogens is 320 g/mol. The van der Waals surface area contributed by atoms with Crippen molar-refractivity contribution in [3.8, 4) is 11.8 Å². The summed E-state index contributed by atoms with van der Waals surface area (Å²) < 4.78 is 10.6. The fourth-order valence-corrected chi connectivity index (χ4v) is 3.22. The van der Waals surface area contributed by atoms with Crippen LogP contribution in [0.4, 0.5) is 11.4 Å². The van der Waals surface area contributed by atoms with Gasteiger partial charge in [0.1, 0.15) is 6.33 Å². The Morgan fingerprint density at radius 2 is 1.68 bits per heavy atom. The van der Waals surface area contributed by atoms with Crippen molar-refractivity contribution in [1.82, 2.24) is 9.97 Å². The van der Waals surface area contributed by atoms with E-state index in [2.05, 4.69) is 21.8 Å². The van der Waals surface area contributed by atoms with E-state index in [0.29, 0.717) is 12.5 Å². The Morgan fingerprint density at radius 3 is 2.28 bits per heavy atom. The first-order valence-corrected chi connectivity index (χ1v) is 8.11. The second kappa shape index (κ2) is 6.96. The molecule has 0 fully saturated rings. The maximum absolute atomic E-state index is 13.4. The first-order chi connectivity index (χ1) is 12.1. The number of rotatable bonds is 3. The Hall–Kier alpha value is -2.83. The molecule has 7 heteroatoms. The summed E-state index contributed by atoms with van der Waals surface area (Å²) in [4.78, 5) is 25.4. The second-order valence-corrected chi connectivity index (χ2v) is 6.16. The second-order valence-electron chi connectivity index (χ2n) is 6.16. The van der Waals surface area contributed by atoms with Gasteiger partial charge in [-0.15, -0.1) is 0 Å². The molecule has 2 heterocycles. The lowest BCUT2D eigenvalue weighted by atomic mass is 10.1. The van der Waals surface area contributed by atoms with Gasteiger partial charge in [-0.25, -0.2) is 9.97 Å². The van der Waals surface area contributed by atoms with Gasteiger partial charge in [-0.1, -0.05) is 19.1 Å². The largest absolute Gasteiger partial charge is 0.480 e. The van der Waals surface area contributed by atoms with Crippen molar-refractivity contribution in [3.63, 3.8) is 0 Å². The Kier molecular flexibility index (Phi) is 4.74. The number of para-hydroxylation sites is 2. The van der Waals surface area contributed by atoms with Gasteiger partial charge < -0.3 is 19.3 Å². The number of benzene rings is 1. The fraction of sp³-hybridized carbons (Fsp3) is 0.389. The quantitative estimate of drug-likeness (QED) is 0.852. The number of hydrogen-bond donors (Lipinski definition) is 0. The molecule has 1 aliphatic heterocycles. The molecule has 0 saturated carbocycles. The molecule has 3 rings (SSSR count). The minimum Gasteiger partial charge on any atom is -0.480 e. The number of carbonyl (C=O) groups is 1. The summed E-state index contributed by atoms with van der Waals surface area (Å²) in [5.41, 5.74) is 2.10. The number of nitrogens with zero attached hydrogens (tertiary/aromatic N) is 4. The van der Waals surface area contributed by atoms with Crippen LogP contribution in [0.2, 0.25) is 0 Å². The molecule has 0 unspecified atom stereocenters. The summed E-state index contributed by atoms with van der Waals surface area (Å²) >= 11 is 0. The standard InChI is InChI=1S/C18H22N4O3/c1-12-9-21(2)13-7-5-6-8-14(13)22(10-12)18(23)15-16(24-3)19-11-20-17(15)25-4/h5-8,11-12H,9-10H2,1-4H3/t12-/m1/s1. The summed E-state index contributed by atoms with van der Waals surface area (Å²) in [5.74, 6) is 0.478. The van der Waals surface area contributed by atoms with Crippen molar-refractivity contribution in [2.75, 3.05) is 44.2 Å². The Labute approximate surface area is 147 Å². The highest BCUT2D eigenvalue weighted by atomic mass is 16.5. The van der Waals surface area contributed by atoms with Gasteiger partial charge >= 0.3 is 0 Å². The van der Waals surface area contributed by atoms with Crippen LogP contribution in [0.5, 0.6) is 11.8 Å². The molecule has 0 spiro atoms. The van der Waals surface area contributed by atoms with Gasteiger partial charge in [-0.3, -0.25) is 4.79 Å². The smallest absolute Gasteiger partial charge is 0.269 e. The molecule has 2 aromatic rings. The number of aromatic nitrogens is 2. The number of methoxy groups -OCH3 is 2. The molecule has 1 aromatic heterocycles. The third-order valence-electron chi connectivity index (χ3n) is 4.29. The lowest BCUT2D eigenvalue weighted by Crippen LogP contribution is -2.35. The van der Waals surface area contributed by atoms with E-state index in [1.54, 1.807) is 4.90 Å². The van der Waals surface area contributed by atoms with Crippen LogP contribution in [-0.4, -0.2) is 50.2 Å². The highest BCUT2D eigenvalue weighted by molar-refractivity contribution is 6.10. The fourth-order valence-electron chi connectivity index (χ4n) is 3.22. The summed E-state index contributed by atoms with van der Waals surface area (Å²) in [5, 5.41) is 0. The summed E-state index contributed by atoms with van der Waals surface area (Å²) in [6.07, 6.45) is 1.32. The molecule has 0 aliphatic carbocycles. The van der Waals surface area contributed by atoms with Crippen LogP contribution in [0.1, 0.15) is 17.3 Å². The first-order valence-electron chi connectivity index (χ1n) is 8.11. The summed E-state index contributed by atoms with van der Waals surface area (Å²) in [6, 6.07) is 7.87. The third-order valence-corrected chi connectivity index (χ3v) is 4.29. The van der Waals surface area contributed by atoms with Gasteiger partial charge in [0.15, 0.2) is 5.56 Å². The molecule has 1 aliphatic rings. The lowest BCUT2D eigenvalue weighted by molar-refractivity contribution is 0.0976. The van der Waals surface area contributed by atoms with Crippen LogP contribution in [0.25, 0.3) is 0 Å². The van der Waals surface area contributed by atoms with Gasteiger partial charge in [0.2, 0.25) is 11.8 Å². The van der Waals surface area contributed by atoms with Crippen LogP contribution < -0.4 is 19.3 Å². The molecule has 0 N–H and O–H groups in total. The molecule has 0 bridgehead atoms. The topological polar surface area (TPSA) is 67.8 Å². The van der Waals surface area contributed by atoms with Crippen LogP contribution in [0, 0.1) is 5.92 Å². The third kappa shape index (κ3) is 3.09. The monoisotopic (exact) mass is 342 g/mol. The average Bonchev–Trinajstić information content (AvgIpc) is 2.76. The van der Waals surface area contributed by atoms with Gasteiger partial charge in [0, 0.05) is 20.1 Å². The van der Waals surface area contributed by atoms with Crippen molar-refractivity contribution in [3.05, 3.63) is 36.2 Å². The average molecular weight is 342 g/mol. The van der Waals surface area contributed by atoms with Gasteiger partial charge in [-0.05, 0) is 18.1 Å². The Morgan fingerprint density at radius 1 is 1.08 bits per heavy atom. The minimum atomic E-state index is -0.233. The van der Waals surface area contributed by atoms with E-state index < -0.39 is 0 Å². The minimum absolute atomic E-state index is 0.208. The van der Waals surface area contributed by atoms with E-state index in [4.69, 9.17) is 9.47 Å². The van der Waals surface area contributed by atoms with E-state index in [0.717, 1.165) is 17.9 Å². The van der Waals surface area contributed by atoms with E-state index >= 15 is 0 Å². The van der Waals surface area contributed by atoms with E-state index in [9.17, 15) is 4.79 Å².